The normalized spacial score (nSPS) is 21.0. The summed E-state index contributed by atoms with van der Waals surface area (Å²) in [6.45, 7) is -0.0661. The Morgan fingerprint density at radius 1 is 1.38 bits per heavy atom. The third kappa shape index (κ3) is 3.88. The summed E-state index contributed by atoms with van der Waals surface area (Å²) >= 11 is 5.58. The van der Waals surface area contributed by atoms with Gasteiger partial charge in [0, 0.05) is 6.54 Å². The van der Waals surface area contributed by atoms with Gasteiger partial charge in [0.2, 0.25) is 0 Å². The number of aliphatic carboxylic acids is 1. The Bertz CT molecular complexity index is 661. The highest BCUT2D eigenvalue weighted by Crippen LogP contribution is 2.17. The summed E-state index contributed by atoms with van der Waals surface area (Å²) < 4.78 is 23.2. The van der Waals surface area contributed by atoms with Crippen molar-refractivity contribution in [1.82, 2.24) is 14.9 Å². The molecule has 10 heteroatoms. The Hall–Kier alpha value is -1.74. The largest absolute Gasteiger partial charge is 0.481 e. The number of carboxylic acids is 1. The summed E-state index contributed by atoms with van der Waals surface area (Å²) in [5.41, 5.74) is -0.00548. The van der Waals surface area contributed by atoms with E-state index in [0.29, 0.717) is 0 Å². The number of nitrogens with zero attached hydrogens (tertiary/aromatic N) is 3. The fraction of sp³-hybridized carbons (Fsp3) is 0.455. The molecule has 0 saturated carbocycles. The van der Waals surface area contributed by atoms with E-state index in [0.717, 1.165) is 0 Å². The van der Waals surface area contributed by atoms with Crippen LogP contribution in [0.2, 0.25) is 5.15 Å². The van der Waals surface area contributed by atoms with Crippen LogP contribution in [0.1, 0.15) is 16.9 Å². The number of aromatic nitrogens is 2. The van der Waals surface area contributed by atoms with Crippen LogP contribution in [0, 0.1) is 0 Å². The van der Waals surface area contributed by atoms with Gasteiger partial charge in [-0.1, -0.05) is 11.6 Å². The van der Waals surface area contributed by atoms with E-state index >= 15 is 0 Å². The molecule has 2 rings (SSSR count). The Kier molecular flexibility index (Phi) is 4.43. The lowest BCUT2D eigenvalue weighted by atomic mass is 10.2. The van der Waals surface area contributed by atoms with Crippen molar-refractivity contribution in [2.45, 2.75) is 12.5 Å². The first-order valence-electron chi connectivity index (χ1n) is 5.99. The van der Waals surface area contributed by atoms with E-state index < -0.39 is 34.2 Å². The summed E-state index contributed by atoms with van der Waals surface area (Å²) in [4.78, 5) is 31.9. The summed E-state index contributed by atoms with van der Waals surface area (Å²) in [7, 11) is -3.35. The van der Waals surface area contributed by atoms with E-state index in [9.17, 15) is 18.0 Å². The third-order valence-corrected chi connectivity index (χ3v) is 4.93. The molecule has 1 unspecified atom stereocenters. The summed E-state index contributed by atoms with van der Waals surface area (Å²) in [5, 5.41) is 8.98. The van der Waals surface area contributed by atoms with Crippen LogP contribution in [0.3, 0.4) is 0 Å². The van der Waals surface area contributed by atoms with Gasteiger partial charge in [-0.3, -0.25) is 9.59 Å². The minimum atomic E-state index is -3.35. The van der Waals surface area contributed by atoms with E-state index in [1.807, 2.05) is 0 Å². The van der Waals surface area contributed by atoms with Crippen LogP contribution in [0.25, 0.3) is 0 Å². The molecule has 0 aromatic carbocycles. The second kappa shape index (κ2) is 5.94. The zero-order valence-electron chi connectivity index (χ0n) is 10.8. The van der Waals surface area contributed by atoms with Crippen molar-refractivity contribution in [3.05, 3.63) is 23.2 Å². The van der Waals surface area contributed by atoms with E-state index in [1.54, 1.807) is 0 Å². The molecule has 1 aromatic rings. The lowest BCUT2D eigenvalue weighted by molar-refractivity contribution is -0.138. The number of carbonyl (C=O) groups excluding carboxylic acids is 1. The van der Waals surface area contributed by atoms with Crippen molar-refractivity contribution in [2.24, 2.45) is 0 Å². The fourth-order valence-corrected chi connectivity index (χ4v) is 3.72. The highest BCUT2D eigenvalue weighted by atomic mass is 35.5. The molecular formula is C11H12ClN3O5S. The van der Waals surface area contributed by atoms with E-state index in [-0.39, 0.29) is 28.9 Å². The molecule has 21 heavy (non-hydrogen) atoms. The van der Waals surface area contributed by atoms with Crippen LogP contribution < -0.4 is 0 Å². The number of hydrogen-bond donors (Lipinski definition) is 1. The fourth-order valence-electron chi connectivity index (χ4n) is 2.09. The van der Waals surface area contributed by atoms with Crippen molar-refractivity contribution in [1.29, 1.82) is 0 Å². The highest BCUT2D eigenvalue weighted by Gasteiger charge is 2.36. The van der Waals surface area contributed by atoms with Gasteiger partial charge >= 0.3 is 5.97 Å². The molecule has 1 aliphatic heterocycles. The molecular weight excluding hydrogens is 322 g/mol. The number of amides is 1. The van der Waals surface area contributed by atoms with Gasteiger partial charge in [0.05, 0.1) is 36.4 Å². The molecule has 1 saturated heterocycles. The van der Waals surface area contributed by atoms with Crippen LogP contribution in [0.15, 0.2) is 12.4 Å². The van der Waals surface area contributed by atoms with Crippen LogP contribution in [0.5, 0.6) is 0 Å². The molecule has 0 bridgehead atoms. The minimum absolute atomic E-state index is 0.00548. The van der Waals surface area contributed by atoms with Crippen molar-refractivity contribution < 1.29 is 23.1 Å². The maximum atomic E-state index is 12.3. The second-order valence-corrected chi connectivity index (χ2v) is 7.20. The minimum Gasteiger partial charge on any atom is -0.481 e. The molecule has 1 aliphatic rings. The van der Waals surface area contributed by atoms with Crippen LogP contribution in [-0.4, -0.2) is 64.4 Å². The zero-order valence-corrected chi connectivity index (χ0v) is 12.3. The van der Waals surface area contributed by atoms with Crippen molar-refractivity contribution in [2.75, 3.05) is 18.1 Å². The molecule has 1 fully saturated rings. The zero-order chi connectivity index (χ0) is 15.6. The topological polar surface area (TPSA) is 118 Å². The Morgan fingerprint density at radius 2 is 2.10 bits per heavy atom. The van der Waals surface area contributed by atoms with Gasteiger partial charge in [-0.15, -0.1) is 0 Å². The molecule has 114 valence electrons. The summed E-state index contributed by atoms with van der Waals surface area (Å²) in [5.74, 6) is -2.29. The molecule has 1 amide bonds. The maximum Gasteiger partial charge on any atom is 0.305 e. The maximum absolute atomic E-state index is 12.3. The Morgan fingerprint density at radius 3 is 2.67 bits per heavy atom. The van der Waals surface area contributed by atoms with Gasteiger partial charge in [0.15, 0.2) is 9.84 Å². The number of hydrogen-bond acceptors (Lipinski definition) is 6. The standard InChI is InChI=1S/C11H12ClN3O5S/c12-9-5-13-8(4-14-9)11(18)15-1-2-21(19,20)6-7(15)3-10(16)17/h4-5,7H,1-3,6H2,(H,16,17). The smallest absolute Gasteiger partial charge is 0.305 e. The summed E-state index contributed by atoms with van der Waals surface area (Å²) in [6.07, 6.45) is 1.93. The average molecular weight is 334 g/mol. The van der Waals surface area contributed by atoms with E-state index in [2.05, 4.69) is 9.97 Å². The van der Waals surface area contributed by atoms with Crippen molar-refractivity contribution in [3.8, 4) is 0 Å². The van der Waals surface area contributed by atoms with Crippen molar-refractivity contribution >= 4 is 33.3 Å². The third-order valence-electron chi connectivity index (χ3n) is 3.04. The van der Waals surface area contributed by atoms with Gasteiger partial charge < -0.3 is 10.0 Å². The Balaban J connectivity index is 2.24. The predicted octanol–water partition coefficient (Wildman–Crippen LogP) is -0.156. The lowest BCUT2D eigenvalue weighted by Gasteiger charge is -2.34. The second-order valence-electron chi connectivity index (χ2n) is 4.59. The SMILES string of the molecule is O=C(O)CC1CS(=O)(=O)CCN1C(=O)c1cnc(Cl)cn1. The van der Waals surface area contributed by atoms with E-state index in [1.165, 1.54) is 17.3 Å². The predicted molar refractivity (Wildman–Crippen MR) is 72.8 cm³/mol. The first-order valence-corrected chi connectivity index (χ1v) is 8.19. The van der Waals surface area contributed by atoms with Crippen molar-refractivity contribution in [3.63, 3.8) is 0 Å². The van der Waals surface area contributed by atoms with Gasteiger partial charge in [0.25, 0.3) is 5.91 Å². The van der Waals surface area contributed by atoms with Gasteiger partial charge in [0.1, 0.15) is 10.8 Å². The molecule has 1 N–H and O–H groups in total. The number of carboxylic acid groups (broad SMARTS) is 1. The molecule has 1 atom stereocenters. The van der Waals surface area contributed by atoms with E-state index in [4.69, 9.17) is 16.7 Å². The number of sulfone groups is 1. The average Bonchev–Trinajstić information content (AvgIpc) is 2.37. The lowest BCUT2D eigenvalue weighted by Crippen LogP contribution is -2.52. The molecule has 2 heterocycles. The van der Waals surface area contributed by atoms with Crippen LogP contribution >= 0.6 is 11.6 Å². The van der Waals surface area contributed by atoms with Crippen LogP contribution in [0.4, 0.5) is 0 Å². The molecule has 8 nitrogen and oxygen atoms in total. The van der Waals surface area contributed by atoms with Gasteiger partial charge in [-0.25, -0.2) is 18.4 Å². The van der Waals surface area contributed by atoms with Gasteiger partial charge in [-0.2, -0.15) is 0 Å². The monoisotopic (exact) mass is 333 g/mol. The number of halogens is 1. The Labute approximate surface area is 125 Å². The molecule has 0 radical (unpaired) electrons. The quantitative estimate of drug-likeness (QED) is 0.816. The molecule has 0 aliphatic carbocycles. The first-order chi connectivity index (χ1) is 9.78. The highest BCUT2D eigenvalue weighted by molar-refractivity contribution is 7.91. The number of carbonyl (C=O) groups is 2. The summed E-state index contributed by atoms with van der Waals surface area (Å²) in [6, 6.07) is -0.911. The number of rotatable bonds is 3. The molecule has 0 spiro atoms. The van der Waals surface area contributed by atoms with Gasteiger partial charge in [-0.05, 0) is 0 Å². The van der Waals surface area contributed by atoms with Crippen LogP contribution in [-0.2, 0) is 14.6 Å². The molecule has 1 aromatic heterocycles. The first kappa shape index (κ1) is 15.6.